The van der Waals surface area contributed by atoms with Crippen LogP contribution in [0.15, 0.2) is 47.5 Å². The number of rotatable bonds is 4. The van der Waals surface area contributed by atoms with Gasteiger partial charge in [0.2, 0.25) is 15.9 Å². The zero-order chi connectivity index (χ0) is 23.9. The molecule has 3 aromatic rings. The van der Waals surface area contributed by atoms with Crippen LogP contribution in [-0.2, 0) is 14.8 Å². The zero-order valence-corrected chi connectivity index (χ0v) is 20.5. The van der Waals surface area contributed by atoms with Gasteiger partial charge in [-0.05, 0) is 74.9 Å². The number of hydrogen-bond acceptors (Lipinski definition) is 5. The van der Waals surface area contributed by atoms with E-state index >= 15 is 0 Å². The summed E-state index contributed by atoms with van der Waals surface area (Å²) in [6, 6.07) is 11.1. The van der Waals surface area contributed by atoms with Gasteiger partial charge < -0.3 is 4.90 Å². The Kier molecular flexibility index (Phi) is 6.16. The van der Waals surface area contributed by atoms with Crippen LogP contribution in [0, 0.1) is 19.8 Å². The number of pyridine rings is 1. The van der Waals surface area contributed by atoms with Gasteiger partial charge >= 0.3 is 0 Å². The number of carbonyl (C=O) groups is 1. The largest absolute Gasteiger partial charge is 0.342 e. The number of aryl methyl sites for hydroxylation is 2. The van der Waals surface area contributed by atoms with Gasteiger partial charge in [-0.25, -0.2) is 8.42 Å². The van der Waals surface area contributed by atoms with Crippen molar-refractivity contribution in [2.75, 3.05) is 26.2 Å². The number of sulfonamides is 1. The molecule has 8 nitrogen and oxygen atoms in total. The lowest BCUT2D eigenvalue weighted by Gasteiger charge is -2.37. The standard InChI is InChI=1S/C25H31N5O3S/c1-18-10-11-22(15-19(18)2)34(32,33)29-13-6-8-21(17-29)25(31)28-12-5-7-20(16-28)24-27-26-23-9-3-4-14-30(23)24/h3-4,9-11,14-15,20-21H,5-8,12-13,16-17H2,1-2H3/t20-,21+/m0/s1. The van der Waals surface area contributed by atoms with Crippen molar-refractivity contribution < 1.29 is 13.2 Å². The lowest BCUT2D eigenvalue weighted by molar-refractivity contribution is -0.138. The molecular weight excluding hydrogens is 450 g/mol. The Morgan fingerprint density at radius 1 is 0.971 bits per heavy atom. The van der Waals surface area contributed by atoms with Crippen molar-refractivity contribution >= 4 is 21.6 Å². The second-order valence-corrected chi connectivity index (χ2v) is 11.5. The Morgan fingerprint density at radius 3 is 2.62 bits per heavy atom. The molecule has 1 amide bonds. The molecule has 1 aromatic carbocycles. The molecule has 9 heteroatoms. The van der Waals surface area contributed by atoms with Crippen molar-refractivity contribution in [2.24, 2.45) is 5.92 Å². The van der Waals surface area contributed by atoms with E-state index in [0.717, 1.165) is 35.4 Å². The van der Waals surface area contributed by atoms with Gasteiger partial charge in [-0.2, -0.15) is 4.31 Å². The predicted molar refractivity (Wildman–Crippen MR) is 129 cm³/mol. The van der Waals surface area contributed by atoms with Crippen LogP contribution < -0.4 is 0 Å². The van der Waals surface area contributed by atoms with E-state index < -0.39 is 10.0 Å². The number of carbonyl (C=O) groups excluding carboxylic acids is 1. The molecule has 2 aromatic heterocycles. The minimum absolute atomic E-state index is 0.0542. The smallest absolute Gasteiger partial charge is 0.243 e. The fourth-order valence-electron chi connectivity index (χ4n) is 5.17. The molecule has 0 radical (unpaired) electrons. The highest BCUT2D eigenvalue weighted by molar-refractivity contribution is 7.89. The van der Waals surface area contributed by atoms with Crippen molar-refractivity contribution in [1.29, 1.82) is 0 Å². The number of nitrogens with zero attached hydrogens (tertiary/aromatic N) is 5. The van der Waals surface area contributed by atoms with Gasteiger partial charge in [-0.15, -0.1) is 10.2 Å². The summed E-state index contributed by atoms with van der Waals surface area (Å²) in [6.45, 7) is 5.87. The molecule has 2 aliphatic heterocycles. The third kappa shape index (κ3) is 4.22. The second kappa shape index (κ2) is 9.11. The fourth-order valence-corrected chi connectivity index (χ4v) is 6.78. The average Bonchev–Trinajstić information content (AvgIpc) is 3.29. The Bertz CT molecular complexity index is 1320. The van der Waals surface area contributed by atoms with Gasteiger partial charge in [0.15, 0.2) is 5.65 Å². The summed E-state index contributed by atoms with van der Waals surface area (Å²) in [5.41, 5.74) is 2.82. The maximum atomic E-state index is 13.5. The molecule has 2 fully saturated rings. The van der Waals surface area contributed by atoms with E-state index in [-0.39, 0.29) is 24.3 Å². The minimum atomic E-state index is -3.63. The topological polar surface area (TPSA) is 87.9 Å². The van der Waals surface area contributed by atoms with Crippen LogP contribution in [0.5, 0.6) is 0 Å². The van der Waals surface area contributed by atoms with Crippen molar-refractivity contribution in [3.05, 3.63) is 59.5 Å². The van der Waals surface area contributed by atoms with Crippen molar-refractivity contribution in [1.82, 2.24) is 23.8 Å². The number of benzene rings is 1. The Labute approximate surface area is 200 Å². The SMILES string of the molecule is Cc1ccc(S(=O)(=O)N2CCC[C@@H](C(=O)N3CCC[C@H](c4nnc5ccccn45)C3)C2)cc1C. The molecule has 4 heterocycles. The predicted octanol–water partition coefficient (Wildman–Crippen LogP) is 3.15. The second-order valence-electron chi connectivity index (χ2n) is 9.56. The number of aromatic nitrogens is 3. The van der Waals surface area contributed by atoms with Gasteiger partial charge in [-0.3, -0.25) is 9.20 Å². The average molecular weight is 482 g/mol. The first-order valence-corrected chi connectivity index (χ1v) is 13.4. The molecular formula is C25H31N5O3S. The lowest BCUT2D eigenvalue weighted by Crippen LogP contribution is -2.49. The number of hydrogen-bond donors (Lipinski definition) is 0. The zero-order valence-electron chi connectivity index (χ0n) is 19.7. The van der Waals surface area contributed by atoms with Gasteiger partial charge in [0.05, 0.1) is 10.8 Å². The summed E-state index contributed by atoms with van der Waals surface area (Å²) in [5, 5.41) is 8.67. The van der Waals surface area contributed by atoms with E-state index in [1.807, 2.05) is 53.6 Å². The molecule has 0 unspecified atom stereocenters. The molecule has 0 N–H and O–H groups in total. The van der Waals surface area contributed by atoms with Crippen LogP contribution in [-0.4, -0.2) is 64.3 Å². The van der Waals surface area contributed by atoms with Crippen LogP contribution >= 0.6 is 0 Å². The Morgan fingerprint density at radius 2 is 1.79 bits per heavy atom. The number of piperidine rings is 2. The Balaban J connectivity index is 1.31. The molecule has 2 saturated heterocycles. The molecule has 5 rings (SSSR count). The molecule has 2 aliphatic rings. The molecule has 180 valence electrons. The van der Waals surface area contributed by atoms with Crippen molar-refractivity contribution in [3.63, 3.8) is 0 Å². The quantitative estimate of drug-likeness (QED) is 0.571. The number of fused-ring (bicyclic) bond motifs is 1. The van der Waals surface area contributed by atoms with Crippen LogP contribution in [0.1, 0.15) is 48.6 Å². The molecule has 2 atom stereocenters. The summed E-state index contributed by atoms with van der Waals surface area (Å²) in [6.07, 6.45) is 5.22. The summed E-state index contributed by atoms with van der Waals surface area (Å²) < 4.78 is 30.1. The monoisotopic (exact) mass is 481 g/mol. The highest BCUT2D eigenvalue weighted by atomic mass is 32.2. The van der Waals surface area contributed by atoms with Gasteiger partial charge in [0, 0.05) is 38.3 Å². The molecule has 0 saturated carbocycles. The molecule has 0 aliphatic carbocycles. The summed E-state index contributed by atoms with van der Waals surface area (Å²) in [5.74, 6) is 0.743. The van der Waals surface area contributed by atoms with Crippen LogP contribution in [0.25, 0.3) is 5.65 Å². The maximum Gasteiger partial charge on any atom is 0.243 e. The van der Waals surface area contributed by atoms with E-state index in [0.29, 0.717) is 37.4 Å². The van der Waals surface area contributed by atoms with E-state index in [2.05, 4.69) is 10.2 Å². The van der Waals surface area contributed by atoms with E-state index in [1.165, 1.54) is 4.31 Å². The highest BCUT2D eigenvalue weighted by Crippen LogP contribution is 2.30. The van der Waals surface area contributed by atoms with Crippen molar-refractivity contribution in [3.8, 4) is 0 Å². The highest BCUT2D eigenvalue weighted by Gasteiger charge is 2.37. The fraction of sp³-hybridized carbons (Fsp3) is 0.480. The van der Waals surface area contributed by atoms with Gasteiger partial charge in [0.1, 0.15) is 5.82 Å². The first-order valence-electron chi connectivity index (χ1n) is 12.0. The summed E-state index contributed by atoms with van der Waals surface area (Å²) in [4.78, 5) is 15.7. The minimum Gasteiger partial charge on any atom is -0.342 e. The first kappa shape index (κ1) is 23.0. The van der Waals surface area contributed by atoms with Crippen LogP contribution in [0.4, 0.5) is 0 Å². The summed E-state index contributed by atoms with van der Waals surface area (Å²) >= 11 is 0. The normalized spacial score (nSPS) is 22.2. The van der Waals surface area contributed by atoms with E-state index in [9.17, 15) is 13.2 Å². The van der Waals surface area contributed by atoms with E-state index in [1.54, 1.807) is 12.1 Å². The number of likely N-dealkylation sites (tertiary alicyclic amines) is 1. The lowest BCUT2D eigenvalue weighted by atomic mass is 9.93. The third-order valence-electron chi connectivity index (χ3n) is 7.29. The molecule has 34 heavy (non-hydrogen) atoms. The van der Waals surface area contributed by atoms with Gasteiger partial charge in [-0.1, -0.05) is 12.1 Å². The summed E-state index contributed by atoms with van der Waals surface area (Å²) in [7, 11) is -3.63. The third-order valence-corrected chi connectivity index (χ3v) is 9.15. The van der Waals surface area contributed by atoms with Crippen molar-refractivity contribution in [2.45, 2.75) is 50.3 Å². The van der Waals surface area contributed by atoms with E-state index in [4.69, 9.17) is 0 Å². The number of amides is 1. The van der Waals surface area contributed by atoms with Crippen LogP contribution in [0.3, 0.4) is 0 Å². The first-order chi connectivity index (χ1) is 16.3. The maximum absolute atomic E-state index is 13.5. The van der Waals surface area contributed by atoms with Crippen LogP contribution in [0.2, 0.25) is 0 Å². The van der Waals surface area contributed by atoms with Gasteiger partial charge in [0.25, 0.3) is 0 Å². The molecule has 0 spiro atoms. The molecule has 0 bridgehead atoms. The Hall–Kier alpha value is -2.78.